The second kappa shape index (κ2) is 6.66. The molecule has 18 heavy (non-hydrogen) atoms. The van der Waals surface area contributed by atoms with Crippen LogP contribution < -0.4 is 0 Å². The molecule has 2 rings (SSSR count). The predicted octanol–water partition coefficient (Wildman–Crippen LogP) is 3.00. The third-order valence-electron chi connectivity index (χ3n) is 2.37. The zero-order valence-electron chi connectivity index (χ0n) is 10.1. The topological polar surface area (TPSA) is 42.9 Å². The lowest BCUT2D eigenvalue weighted by Crippen LogP contribution is -2.05. The van der Waals surface area contributed by atoms with Crippen LogP contribution in [0.5, 0.6) is 0 Å². The van der Waals surface area contributed by atoms with Crippen LogP contribution in [-0.4, -0.2) is 20.9 Å². The van der Waals surface area contributed by atoms with Gasteiger partial charge in [-0.2, -0.15) is 4.37 Å². The van der Waals surface area contributed by atoms with Crippen LogP contribution in [0.2, 0.25) is 0 Å². The molecule has 3 nitrogen and oxygen atoms in total. The van der Waals surface area contributed by atoms with E-state index in [9.17, 15) is 4.79 Å². The molecule has 0 spiro atoms. The van der Waals surface area contributed by atoms with Gasteiger partial charge in [0.05, 0.1) is 5.75 Å². The average molecular weight is 278 g/mol. The maximum atomic E-state index is 11.8. The molecule has 94 valence electrons. The SMILES string of the molecule is CCc1nsc(SCC(=O)Cc2ccccc2)n1. The summed E-state index contributed by atoms with van der Waals surface area (Å²) < 4.78 is 5.08. The molecule has 0 bridgehead atoms. The van der Waals surface area contributed by atoms with Crippen molar-refractivity contribution in [3.63, 3.8) is 0 Å². The number of ketones is 1. The number of carbonyl (C=O) groups is 1. The van der Waals surface area contributed by atoms with Crippen LogP contribution in [0.1, 0.15) is 18.3 Å². The molecule has 1 aromatic carbocycles. The van der Waals surface area contributed by atoms with Crippen LogP contribution in [0.3, 0.4) is 0 Å². The summed E-state index contributed by atoms with van der Waals surface area (Å²) in [5, 5.41) is 0. The molecule has 2 aromatic rings. The Bertz CT molecular complexity index is 511. The smallest absolute Gasteiger partial charge is 0.170 e. The molecule has 0 aliphatic carbocycles. The summed E-state index contributed by atoms with van der Waals surface area (Å²) in [7, 11) is 0. The van der Waals surface area contributed by atoms with Gasteiger partial charge in [-0.05, 0) is 17.1 Å². The number of benzene rings is 1. The van der Waals surface area contributed by atoms with E-state index in [2.05, 4.69) is 9.36 Å². The fourth-order valence-electron chi connectivity index (χ4n) is 1.46. The number of carbonyl (C=O) groups excluding carboxylic acids is 1. The summed E-state index contributed by atoms with van der Waals surface area (Å²) in [5.74, 6) is 1.55. The maximum absolute atomic E-state index is 11.8. The first-order valence-electron chi connectivity index (χ1n) is 5.79. The van der Waals surface area contributed by atoms with Crippen molar-refractivity contribution in [1.29, 1.82) is 0 Å². The number of aryl methyl sites for hydroxylation is 1. The maximum Gasteiger partial charge on any atom is 0.170 e. The van der Waals surface area contributed by atoms with E-state index in [0.29, 0.717) is 12.2 Å². The van der Waals surface area contributed by atoms with Crippen LogP contribution in [0, 0.1) is 0 Å². The largest absolute Gasteiger partial charge is 0.298 e. The van der Waals surface area contributed by atoms with E-state index >= 15 is 0 Å². The van der Waals surface area contributed by atoms with E-state index in [-0.39, 0.29) is 5.78 Å². The van der Waals surface area contributed by atoms with Gasteiger partial charge in [0, 0.05) is 12.8 Å². The third-order valence-corrected chi connectivity index (χ3v) is 4.30. The number of hydrogen-bond acceptors (Lipinski definition) is 5. The second-order valence-electron chi connectivity index (χ2n) is 3.82. The van der Waals surface area contributed by atoms with Crippen molar-refractivity contribution >= 4 is 29.1 Å². The van der Waals surface area contributed by atoms with Crippen LogP contribution in [0.4, 0.5) is 0 Å². The van der Waals surface area contributed by atoms with Gasteiger partial charge in [0.1, 0.15) is 11.6 Å². The fourth-order valence-corrected chi connectivity index (χ4v) is 3.01. The molecule has 0 atom stereocenters. The molecule has 5 heteroatoms. The van der Waals surface area contributed by atoms with E-state index < -0.39 is 0 Å². The van der Waals surface area contributed by atoms with Gasteiger partial charge in [-0.25, -0.2) is 4.98 Å². The van der Waals surface area contributed by atoms with E-state index in [1.165, 1.54) is 23.3 Å². The molecule has 0 saturated heterocycles. The van der Waals surface area contributed by atoms with Gasteiger partial charge in [0.25, 0.3) is 0 Å². The van der Waals surface area contributed by atoms with E-state index in [0.717, 1.165) is 22.1 Å². The predicted molar refractivity (Wildman–Crippen MR) is 75.2 cm³/mol. The monoisotopic (exact) mass is 278 g/mol. The number of hydrogen-bond donors (Lipinski definition) is 0. The van der Waals surface area contributed by atoms with Crippen molar-refractivity contribution in [2.45, 2.75) is 24.1 Å². The summed E-state index contributed by atoms with van der Waals surface area (Å²) in [4.78, 5) is 16.1. The molecule has 1 aromatic heterocycles. The Balaban J connectivity index is 1.81. The first-order valence-corrected chi connectivity index (χ1v) is 7.55. The first kappa shape index (κ1) is 13.2. The molecular formula is C13H14N2OS2. The zero-order valence-corrected chi connectivity index (χ0v) is 11.8. The molecule has 0 aliphatic heterocycles. The molecule has 1 heterocycles. The molecule has 0 amide bonds. The average Bonchev–Trinajstić information content (AvgIpc) is 2.85. The van der Waals surface area contributed by atoms with Crippen molar-refractivity contribution in [3.8, 4) is 0 Å². The third kappa shape index (κ3) is 3.92. The molecule has 0 aliphatic rings. The second-order valence-corrected chi connectivity index (χ2v) is 5.79. The van der Waals surface area contributed by atoms with Gasteiger partial charge < -0.3 is 0 Å². The van der Waals surface area contributed by atoms with Crippen LogP contribution in [0.25, 0.3) is 0 Å². The minimum absolute atomic E-state index is 0.222. The quantitative estimate of drug-likeness (QED) is 0.762. The van der Waals surface area contributed by atoms with Crippen molar-refractivity contribution in [3.05, 3.63) is 41.7 Å². The Kier molecular flexibility index (Phi) is 4.90. The lowest BCUT2D eigenvalue weighted by Gasteiger charge is -1.99. The minimum Gasteiger partial charge on any atom is -0.298 e. The molecule has 0 saturated carbocycles. The molecular weight excluding hydrogens is 264 g/mol. The fraction of sp³-hybridized carbons (Fsp3) is 0.308. The molecule has 0 N–H and O–H groups in total. The lowest BCUT2D eigenvalue weighted by molar-refractivity contribution is -0.116. The Hall–Kier alpha value is -1.20. The van der Waals surface area contributed by atoms with Crippen LogP contribution >= 0.6 is 23.3 Å². The first-order chi connectivity index (χ1) is 8.78. The van der Waals surface area contributed by atoms with Gasteiger partial charge in [-0.3, -0.25) is 4.79 Å². The highest BCUT2D eigenvalue weighted by Crippen LogP contribution is 2.20. The molecule has 0 radical (unpaired) electrons. The van der Waals surface area contributed by atoms with Gasteiger partial charge in [0.2, 0.25) is 0 Å². The number of aromatic nitrogens is 2. The highest BCUT2D eigenvalue weighted by Gasteiger charge is 2.08. The summed E-state index contributed by atoms with van der Waals surface area (Å²) in [6, 6.07) is 9.81. The molecule has 0 fully saturated rings. The van der Waals surface area contributed by atoms with Crippen molar-refractivity contribution in [2.75, 3.05) is 5.75 Å². The van der Waals surface area contributed by atoms with Crippen molar-refractivity contribution in [2.24, 2.45) is 0 Å². The van der Waals surface area contributed by atoms with Crippen molar-refractivity contribution in [1.82, 2.24) is 9.36 Å². The van der Waals surface area contributed by atoms with Crippen molar-refractivity contribution < 1.29 is 4.79 Å². The van der Waals surface area contributed by atoms with Crippen LogP contribution in [-0.2, 0) is 17.6 Å². The van der Waals surface area contributed by atoms with E-state index in [4.69, 9.17) is 0 Å². The Morgan fingerprint density at radius 3 is 2.78 bits per heavy atom. The molecule has 0 unspecified atom stereocenters. The summed E-state index contributed by atoms with van der Waals surface area (Å²) in [6.07, 6.45) is 1.34. The Morgan fingerprint density at radius 2 is 2.11 bits per heavy atom. The summed E-state index contributed by atoms with van der Waals surface area (Å²) in [5.41, 5.74) is 1.06. The van der Waals surface area contributed by atoms with Gasteiger partial charge in [0.15, 0.2) is 4.34 Å². The standard InChI is InChI=1S/C13H14N2OS2/c1-2-12-14-13(18-15-12)17-9-11(16)8-10-6-4-3-5-7-10/h3-7H,2,8-9H2,1H3. The van der Waals surface area contributed by atoms with Gasteiger partial charge >= 0.3 is 0 Å². The number of thioether (sulfide) groups is 1. The summed E-state index contributed by atoms with van der Waals surface area (Å²) >= 11 is 2.85. The van der Waals surface area contributed by atoms with E-state index in [1.54, 1.807) is 0 Å². The minimum atomic E-state index is 0.222. The summed E-state index contributed by atoms with van der Waals surface area (Å²) in [6.45, 7) is 2.02. The zero-order chi connectivity index (χ0) is 12.8. The normalized spacial score (nSPS) is 10.5. The van der Waals surface area contributed by atoms with Gasteiger partial charge in [-0.15, -0.1) is 0 Å². The number of Topliss-reactive ketones (excluding diaryl/α,β-unsaturated/α-hetero) is 1. The number of nitrogens with zero attached hydrogens (tertiary/aromatic N) is 2. The van der Waals surface area contributed by atoms with Gasteiger partial charge in [-0.1, -0.05) is 49.0 Å². The highest BCUT2D eigenvalue weighted by atomic mass is 32.2. The Labute approximate surface area is 115 Å². The lowest BCUT2D eigenvalue weighted by atomic mass is 10.1. The van der Waals surface area contributed by atoms with Crippen LogP contribution in [0.15, 0.2) is 34.7 Å². The van der Waals surface area contributed by atoms with E-state index in [1.807, 2.05) is 37.3 Å². The highest BCUT2D eigenvalue weighted by molar-refractivity contribution is 8.01. The Morgan fingerprint density at radius 1 is 1.33 bits per heavy atom. The number of rotatable bonds is 6.